The van der Waals surface area contributed by atoms with E-state index in [9.17, 15) is 22.8 Å². The van der Waals surface area contributed by atoms with Crippen LogP contribution in [-0.4, -0.2) is 35.4 Å². The fraction of sp³-hybridized carbons (Fsp3) is 0.174. The molecule has 0 radical (unpaired) electrons. The van der Waals surface area contributed by atoms with E-state index in [1.165, 1.54) is 19.4 Å². The van der Waals surface area contributed by atoms with Gasteiger partial charge in [-0.2, -0.15) is 13.2 Å². The number of nitrogens with one attached hydrogen (secondary N) is 2. The molecule has 10 heteroatoms. The number of aromatic nitrogens is 1. The Morgan fingerprint density at radius 1 is 1.12 bits per heavy atom. The molecule has 2 N–H and O–H groups in total. The van der Waals surface area contributed by atoms with Gasteiger partial charge in [0.2, 0.25) is 0 Å². The quantitative estimate of drug-likeness (QED) is 0.302. The number of benzene rings is 2. The molecule has 0 spiro atoms. The van der Waals surface area contributed by atoms with Gasteiger partial charge in [0.05, 0.1) is 12.7 Å². The Labute approximate surface area is 192 Å². The lowest BCUT2D eigenvalue weighted by Crippen LogP contribution is -2.28. The van der Waals surface area contributed by atoms with Crippen molar-refractivity contribution in [2.24, 2.45) is 4.99 Å². The van der Waals surface area contributed by atoms with Crippen LogP contribution in [0.5, 0.6) is 0 Å². The summed E-state index contributed by atoms with van der Waals surface area (Å²) in [6.45, 7) is 0. The summed E-state index contributed by atoms with van der Waals surface area (Å²) in [7, 11) is 1.20. The molecule has 0 bridgehead atoms. The van der Waals surface area contributed by atoms with Crippen molar-refractivity contribution < 1.29 is 27.5 Å². The van der Waals surface area contributed by atoms with E-state index in [4.69, 9.17) is 4.74 Å². The fourth-order valence-electron chi connectivity index (χ4n) is 3.04. The number of amidine groups is 1. The first-order chi connectivity index (χ1) is 15.7. The zero-order valence-electron chi connectivity index (χ0n) is 17.7. The summed E-state index contributed by atoms with van der Waals surface area (Å²) in [5, 5.41) is 2.89. The number of aliphatic imine (C=N–C) groups is 1. The third-order valence-electron chi connectivity index (χ3n) is 4.63. The highest BCUT2D eigenvalue weighted by Gasteiger charge is 2.30. The van der Waals surface area contributed by atoms with E-state index in [0.717, 1.165) is 23.9 Å². The minimum Gasteiger partial charge on any atom is -0.464 e. The van der Waals surface area contributed by atoms with Crippen molar-refractivity contribution in [3.05, 3.63) is 88.7 Å². The zero-order valence-corrected chi connectivity index (χ0v) is 18.5. The van der Waals surface area contributed by atoms with Crippen LogP contribution in [0.4, 0.5) is 18.9 Å². The monoisotopic (exact) mass is 475 g/mol. The SMILES string of the molecule is COC(=O)c1[nH]cc(Cc2cccc(C(F)(F)F)c2)c1N=C(NC(=O)c1ccccc1)SC. The minimum absolute atomic E-state index is 0.0278. The first-order valence-electron chi connectivity index (χ1n) is 9.66. The van der Waals surface area contributed by atoms with Gasteiger partial charge >= 0.3 is 12.1 Å². The number of carbonyl (C=O) groups excluding carboxylic acids is 2. The van der Waals surface area contributed by atoms with E-state index in [0.29, 0.717) is 16.7 Å². The number of esters is 1. The molecule has 0 atom stereocenters. The molecule has 0 unspecified atom stereocenters. The third-order valence-corrected chi connectivity index (χ3v) is 5.21. The predicted molar refractivity (Wildman–Crippen MR) is 121 cm³/mol. The maximum absolute atomic E-state index is 13.1. The first-order valence-corrected chi connectivity index (χ1v) is 10.9. The molecule has 3 rings (SSSR count). The largest absolute Gasteiger partial charge is 0.464 e. The standard InChI is InChI=1S/C23H20F3N3O3S/c1-32-21(31)19-18(28-22(33-2)29-20(30)15-8-4-3-5-9-15)16(13-27-19)11-14-7-6-10-17(12-14)23(24,25)26/h3-10,12-13,27H,11H2,1-2H3,(H,28,29,30). The van der Waals surface area contributed by atoms with E-state index in [1.807, 2.05) is 0 Å². The maximum atomic E-state index is 13.1. The molecule has 2 aromatic carbocycles. The summed E-state index contributed by atoms with van der Waals surface area (Å²) in [6, 6.07) is 13.4. The van der Waals surface area contributed by atoms with E-state index >= 15 is 0 Å². The normalized spacial score (nSPS) is 11.8. The number of carbonyl (C=O) groups is 2. The second-order valence-corrected chi connectivity index (χ2v) is 7.64. The lowest BCUT2D eigenvalue weighted by Gasteiger charge is -2.10. The van der Waals surface area contributed by atoms with E-state index in [2.05, 4.69) is 15.3 Å². The summed E-state index contributed by atoms with van der Waals surface area (Å²) in [4.78, 5) is 32.0. The number of aromatic amines is 1. The Balaban J connectivity index is 1.96. The van der Waals surface area contributed by atoms with E-state index in [1.54, 1.807) is 42.7 Å². The van der Waals surface area contributed by atoms with Gasteiger partial charge in [0.25, 0.3) is 5.91 Å². The Kier molecular flexibility index (Phi) is 7.59. The molecule has 0 saturated carbocycles. The molecular weight excluding hydrogens is 455 g/mol. The molecule has 1 aromatic heterocycles. The molecule has 1 heterocycles. The van der Waals surface area contributed by atoms with Gasteiger partial charge in [-0.3, -0.25) is 4.79 Å². The zero-order chi connectivity index (χ0) is 24.0. The molecule has 172 valence electrons. The van der Waals surface area contributed by atoms with Crippen molar-refractivity contribution in [1.29, 1.82) is 0 Å². The fourth-order valence-corrected chi connectivity index (χ4v) is 3.42. The Morgan fingerprint density at radius 2 is 1.85 bits per heavy atom. The van der Waals surface area contributed by atoms with Gasteiger partial charge in [-0.05, 0) is 30.0 Å². The average Bonchev–Trinajstić information content (AvgIpc) is 3.20. The van der Waals surface area contributed by atoms with Gasteiger partial charge in [0, 0.05) is 23.7 Å². The molecular formula is C23H20F3N3O3S. The summed E-state index contributed by atoms with van der Waals surface area (Å²) >= 11 is 1.14. The summed E-state index contributed by atoms with van der Waals surface area (Å²) in [5.74, 6) is -1.09. The number of methoxy groups -OCH3 is 1. The van der Waals surface area contributed by atoms with Crippen LogP contribution >= 0.6 is 11.8 Å². The smallest absolute Gasteiger partial charge is 0.416 e. The van der Waals surface area contributed by atoms with Gasteiger partial charge in [-0.25, -0.2) is 9.79 Å². The van der Waals surface area contributed by atoms with Gasteiger partial charge in [-0.1, -0.05) is 48.2 Å². The maximum Gasteiger partial charge on any atom is 0.416 e. The predicted octanol–water partition coefficient (Wildman–Crippen LogP) is 5.19. The number of halogens is 3. The number of hydrogen-bond donors (Lipinski definition) is 2. The Bertz CT molecular complexity index is 1170. The molecule has 0 aliphatic rings. The lowest BCUT2D eigenvalue weighted by atomic mass is 10.0. The van der Waals surface area contributed by atoms with Gasteiger partial charge in [0.1, 0.15) is 5.69 Å². The Morgan fingerprint density at radius 3 is 2.48 bits per heavy atom. The molecule has 3 aromatic rings. The second kappa shape index (κ2) is 10.4. The van der Waals surface area contributed by atoms with Crippen molar-refractivity contribution in [3.8, 4) is 0 Å². The lowest BCUT2D eigenvalue weighted by molar-refractivity contribution is -0.137. The summed E-state index contributed by atoms with van der Waals surface area (Å²) in [6.07, 6.45) is -1.21. The van der Waals surface area contributed by atoms with Gasteiger partial charge < -0.3 is 15.0 Å². The highest BCUT2D eigenvalue weighted by atomic mass is 32.2. The number of H-pyrrole nitrogens is 1. The first kappa shape index (κ1) is 24.1. The molecule has 0 aliphatic carbocycles. The van der Waals surface area contributed by atoms with E-state index in [-0.39, 0.29) is 23.0 Å². The number of rotatable bonds is 5. The number of ether oxygens (including phenoxy) is 1. The molecule has 0 aliphatic heterocycles. The topological polar surface area (TPSA) is 83.6 Å². The minimum atomic E-state index is -4.47. The highest BCUT2D eigenvalue weighted by molar-refractivity contribution is 8.13. The number of nitrogens with zero attached hydrogens (tertiary/aromatic N) is 1. The molecule has 0 fully saturated rings. The second-order valence-electron chi connectivity index (χ2n) is 6.85. The van der Waals surface area contributed by atoms with Crippen molar-refractivity contribution in [2.45, 2.75) is 12.6 Å². The van der Waals surface area contributed by atoms with Gasteiger partial charge in [0.15, 0.2) is 10.9 Å². The van der Waals surface area contributed by atoms with Gasteiger partial charge in [-0.15, -0.1) is 0 Å². The van der Waals surface area contributed by atoms with Crippen LogP contribution in [0, 0.1) is 0 Å². The van der Waals surface area contributed by atoms with Crippen LogP contribution < -0.4 is 5.32 Å². The van der Waals surface area contributed by atoms with Crippen LogP contribution in [-0.2, 0) is 17.3 Å². The molecule has 6 nitrogen and oxygen atoms in total. The molecule has 33 heavy (non-hydrogen) atoms. The highest BCUT2D eigenvalue weighted by Crippen LogP contribution is 2.32. The number of amides is 1. The van der Waals surface area contributed by atoms with Crippen LogP contribution in [0.1, 0.15) is 37.5 Å². The van der Waals surface area contributed by atoms with Crippen molar-refractivity contribution in [1.82, 2.24) is 10.3 Å². The molecule has 1 amide bonds. The number of alkyl halides is 3. The van der Waals surface area contributed by atoms with Crippen molar-refractivity contribution >= 4 is 34.5 Å². The Hall–Kier alpha value is -3.53. The van der Waals surface area contributed by atoms with E-state index < -0.39 is 23.6 Å². The van der Waals surface area contributed by atoms with Crippen LogP contribution in [0.25, 0.3) is 0 Å². The third kappa shape index (κ3) is 6.04. The summed E-state index contributed by atoms with van der Waals surface area (Å²) < 4.78 is 44.1. The van der Waals surface area contributed by atoms with Crippen LogP contribution in [0.15, 0.2) is 65.8 Å². The van der Waals surface area contributed by atoms with Crippen LogP contribution in [0.3, 0.4) is 0 Å². The number of thioether (sulfide) groups is 1. The van der Waals surface area contributed by atoms with Crippen LogP contribution in [0.2, 0.25) is 0 Å². The average molecular weight is 475 g/mol. The van der Waals surface area contributed by atoms with Crippen molar-refractivity contribution in [2.75, 3.05) is 13.4 Å². The number of hydrogen-bond acceptors (Lipinski definition) is 5. The summed E-state index contributed by atoms with van der Waals surface area (Å²) in [5.41, 5.74) is 0.710. The molecule has 0 saturated heterocycles. The van der Waals surface area contributed by atoms with Crippen molar-refractivity contribution in [3.63, 3.8) is 0 Å².